The predicted molar refractivity (Wildman–Crippen MR) is 52.9 cm³/mol. The number of aliphatic hydroxyl groups excluding tert-OH is 1. The summed E-state index contributed by atoms with van der Waals surface area (Å²) in [6.07, 6.45) is -5.83. The lowest BCUT2D eigenvalue weighted by atomic mass is 10.3. The van der Waals surface area contributed by atoms with Crippen LogP contribution in [0.2, 0.25) is 0 Å². The number of aliphatic hydroxyl groups is 1. The highest BCUT2D eigenvalue weighted by Crippen LogP contribution is 2.19. The Morgan fingerprint density at radius 3 is 2.69 bits per heavy atom. The van der Waals surface area contributed by atoms with Gasteiger partial charge in [0.05, 0.1) is 6.54 Å². The van der Waals surface area contributed by atoms with Crippen LogP contribution in [0.1, 0.15) is 10.5 Å². The minimum atomic E-state index is -4.73. The molecule has 1 atom stereocenters. The lowest BCUT2D eigenvalue weighted by molar-refractivity contribution is -0.201. The smallest absolute Gasteiger partial charge is 0.382 e. The largest absolute Gasteiger partial charge is 0.416 e. The van der Waals surface area contributed by atoms with Crippen LogP contribution in [-0.4, -0.2) is 34.8 Å². The van der Waals surface area contributed by atoms with E-state index in [-0.39, 0.29) is 5.69 Å². The highest BCUT2D eigenvalue weighted by atomic mass is 79.9. The Morgan fingerprint density at radius 1 is 1.62 bits per heavy atom. The summed E-state index contributed by atoms with van der Waals surface area (Å²) in [5.41, 5.74) is 0.112. The molecule has 0 saturated carbocycles. The molecule has 0 saturated heterocycles. The molecule has 0 aliphatic carbocycles. The molecule has 4 nitrogen and oxygen atoms in total. The molecule has 0 aromatic carbocycles. The van der Waals surface area contributed by atoms with E-state index in [1.54, 1.807) is 0 Å². The van der Waals surface area contributed by atoms with Crippen LogP contribution in [0.15, 0.2) is 16.7 Å². The molecule has 0 bridgehead atoms. The van der Waals surface area contributed by atoms with Crippen LogP contribution in [-0.2, 0) is 0 Å². The molecule has 0 fully saturated rings. The summed E-state index contributed by atoms with van der Waals surface area (Å²) < 4.78 is 36.3. The minimum Gasteiger partial charge on any atom is -0.382 e. The summed E-state index contributed by atoms with van der Waals surface area (Å²) >= 11 is 3.07. The summed E-state index contributed by atoms with van der Waals surface area (Å²) in [4.78, 5) is 13.8. The zero-order valence-corrected chi connectivity index (χ0v) is 9.39. The molecule has 1 aromatic heterocycles. The Kier molecular flexibility index (Phi) is 3.98. The first-order valence-corrected chi connectivity index (χ1v) is 4.97. The van der Waals surface area contributed by atoms with E-state index < -0.39 is 24.7 Å². The van der Waals surface area contributed by atoms with Crippen molar-refractivity contribution in [3.05, 3.63) is 22.4 Å². The summed E-state index contributed by atoms with van der Waals surface area (Å²) in [5.74, 6) is -0.714. The van der Waals surface area contributed by atoms with Crippen LogP contribution in [0.4, 0.5) is 13.2 Å². The van der Waals surface area contributed by atoms with Crippen molar-refractivity contribution in [2.75, 3.05) is 6.54 Å². The summed E-state index contributed by atoms with van der Waals surface area (Å²) in [5, 5.41) is 10.6. The van der Waals surface area contributed by atoms with Crippen molar-refractivity contribution >= 4 is 21.8 Å². The molecule has 1 heterocycles. The van der Waals surface area contributed by atoms with Crippen LogP contribution in [0.25, 0.3) is 0 Å². The van der Waals surface area contributed by atoms with Gasteiger partial charge in [-0.1, -0.05) is 0 Å². The molecule has 3 N–H and O–H groups in total. The second-order valence-corrected chi connectivity index (χ2v) is 3.91. The first-order chi connectivity index (χ1) is 7.30. The van der Waals surface area contributed by atoms with Gasteiger partial charge in [0.2, 0.25) is 0 Å². The molecule has 1 rings (SSSR count). The summed E-state index contributed by atoms with van der Waals surface area (Å²) in [6.45, 7) is -0.876. The van der Waals surface area contributed by atoms with Gasteiger partial charge in [-0.3, -0.25) is 4.79 Å². The predicted octanol–water partition coefficient (Wildman–Crippen LogP) is 1.43. The molecule has 1 aromatic rings. The van der Waals surface area contributed by atoms with Gasteiger partial charge in [-0.15, -0.1) is 0 Å². The first kappa shape index (κ1) is 13.0. The van der Waals surface area contributed by atoms with E-state index in [1.807, 2.05) is 5.32 Å². The average Bonchev–Trinajstić information content (AvgIpc) is 2.59. The second kappa shape index (κ2) is 4.88. The highest BCUT2D eigenvalue weighted by Gasteiger charge is 2.38. The molecular weight excluding hydrogens is 293 g/mol. The summed E-state index contributed by atoms with van der Waals surface area (Å²) in [6, 6.07) is 1.41. The van der Waals surface area contributed by atoms with Gasteiger partial charge >= 0.3 is 6.18 Å². The van der Waals surface area contributed by atoms with Gasteiger partial charge in [-0.25, -0.2) is 0 Å². The molecule has 16 heavy (non-hydrogen) atoms. The molecule has 0 radical (unpaired) electrons. The fourth-order valence-corrected chi connectivity index (χ4v) is 1.24. The fourth-order valence-electron chi connectivity index (χ4n) is 0.899. The third-order valence-corrected chi connectivity index (χ3v) is 2.18. The van der Waals surface area contributed by atoms with Crippen molar-refractivity contribution in [2.24, 2.45) is 0 Å². The molecule has 8 heteroatoms. The second-order valence-electron chi connectivity index (χ2n) is 3.00. The molecule has 0 aliphatic rings. The first-order valence-electron chi connectivity index (χ1n) is 4.17. The third kappa shape index (κ3) is 3.53. The van der Waals surface area contributed by atoms with Crippen LogP contribution >= 0.6 is 15.9 Å². The Labute approximate surface area is 97.0 Å². The Bertz CT molecular complexity index is 378. The van der Waals surface area contributed by atoms with Crippen molar-refractivity contribution in [1.29, 1.82) is 0 Å². The number of carbonyl (C=O) groups excluding carboxylic acids is 1. The number of aromatic amines is 1. The van der Waals surface area contributed by atoms with Crippen LogP contribution < -0.4 is 5.32 Å². The van der Waals surface area contributed by atoms with E-state index in [4.69, 9.17) is 5.11 Å². The molecular formula is C8H8BrF3N2O2. The van der Waals surface area contributed by atoms with Crippen molar-refractivity contribution < 1.29 is 23.1 Å². The number of rotatable bonds is 3. The Balaban J connectivity index is 2.48. The van der Waals surface area contributed by atoms with Crippen LogP contribution in [0.3, 0.4) is 0 Å². The monoisotopic (exact) mass is 300 g/mol. The van der Waals surface area contributed by atoms with Gasteiger partial charge in [0.1, 0.15) is 5.69 Å². The Hall–Kier alpha value is -1.02. The van der Waals surface area contributed by atoms with Gasteiger partial charge in [0.25, 0.3) is 5.91 Å². The SMILES string of the molecule is O=C(NCC(O)C(F)(F)F)c1cc(Br)c[nH]1. The Morgan fingerprint density at radius 2 is 2.25 bits per heavy atom. The number of halogens is 4. The number of aromatic nitrogens is 1. The van der Waals surface area contributed by atoms with E-state index in [2.05, 4.69) is 20.9 Å². The maximum atomic E-state index is 11.9. The zero-order valence-electron chi connectivity index (χ0n) is 7.81. The van der Waals surface area contributed by atoms with Gasteiger partial charge in [0.15, 0.2) is 6.10 Å². The topological polar surface area (TPSA) is 65.1 Å². The standard InChI is InChI=1S/C8H8BrF3N2O2/c9-4-1-5(13-2-4)7(16)14-3-6(15)8(10,11)12/h1-2,6,13,15H,3H2,(H,14,16). The lowest BCUT2D eigenvalue weighted by Crippen LogP contribution is -2.40. The number of carbonyl (C=O) groups is 1. The molecule has 0 aliphatic heterocycles. The molecule has 0 spiro atoms. The lowest BCUT2D eigenvalue weighted by Gasteiger charge is -2.14. The maximum Gasteiger partial charge on any atom is 0.416 e. The number of alkyl halides is 3. The number of hydrogen-bond acceptors (Lipinski definition) is 2. The van der Waals surface area contributed by atoms with E-state index in [9.17, 15) is 18.0 Å². The van der Waals surface area contributed by atoms with Crippen molar-refractivity contribution in [3.63, 3.8) is 0 Å². The summed E-state index contributed by atoms with van der Waals surface area (Å²) in [7, 11) is 0. The van der Waals surface area contributed by atoms with Gasteiger partial charge in [-0.05, 0) is 22.0 Å². The molecule has 1 amide bonds. The number of nitrogens with one attached hydrogen (secondary N) is 2. The van der Waals surface area contributed by atoms with Crippen LogP contribution in [0, 0.1) is 0 Å². The number of H-pyrrole nitrogens is 1. The van der Waals surface area contributed by atoms with E-state index in [0.717, 1.165) is 0 Å². The van der Waals surface area contributed by atoms with Crippen molar-refractivity contribution in [1.82, 2.24) is 10.3 Å². The fraction of sp³-hybridized carbons (Fsp3) is 0.375. The zero-order chi connectivity index (χ0) is 12.3. The normalized spacial score (nSPS) is 13.6. The number of hydrogen-bond donors (Lipinski definition) is 3. The quantitative estimate of drug-likeness (QED) is 0.791. The van der Waals surface area contributed by atoms with E-state index in [1.165, 1.54) is 12.3 Å². The van der Waals surface area contributed by atoms with Gasteiger partial charge in [0, 0.05) is 10.7 Å². The molecule has 1 unspecified atom stereocenters. The third-order valence-electron chi connectivity index (χ3n) is 1.73. The number of amides is 1. The van der Waals surface area contributed by atoms with Crippen molar-refractivity contribution in [2.45, 2.75) is 12.3 Å². The highest BCUT2D eigenvalue weighted by molar-refractivity contribution is 9.10. The van der Waals surface area contributed by atoms with Gasteiger partial charge < -0.3 is 15.4 Å². The minimum absolute atomic E-state index is 0.112. The van der Waals surface area contributed by atoms with Gasteiger partial charge in [-0.2, -0.15) is 13.2 Å². The van der Waals surface area contributed by atoms with Crippen molar-refractivity contribution in [3.8, 4) is 0 Å². The van der Waals surface area contributed by atoms with E-state index in [0.29, 0.717) is 4.47 Å². The molecule has 90 valence electrons. The van der Waals surface area contributed by atoms with Crippen LogP contribution in [0.5, 0.6) is 0 Å². The maximum absolute atomic E-state index is 11.9. The average molecular weight is 301 g/mol. The van der Waals surface area contributed by atoms with E-state index >= 15 is 0 Å².